The minimum absolute atomic E-state index is 0.953. The molecular weight excluding hydrogens is 204 g/mol. The summed E-state index contributed by atoms with van der Waals surface area (Å²) in [6, 6.07) is 0. The van der Waals surface area contributed by atoms with E-state index >= 15 is 0 Å². The van der Waals surface area contributed by atoms with Crippen LogP contribution in [0.25, 0.3) is 0 Å². The Hall–Kier alpha value is -0.520. The Morgan fingerprint density at radius 1 is 1.12 bits per heavy atom. The third-order valence-electron chi connectivity index (χ3n) is 6.32. The molecular formula is C17H24. The molecule has 4 aliphatic carbocycles. The van der Waals surface area contributed by atoms with E-state index in [1.54, 1.807) is 0 Å². The molecule has 17 heavy (non-hydrogen) atoms. The molecule has 0 aromatic heterocycles. The summed E-state index contributed by atoms with van der Waals surface area (Å²) in [5, 5.41) is 0. The normalized spacial score (nSPS) is 56.1. The van der Waals surface area contributed by atoms with E-state index < -0.39 is 0 Å². The van der Waals surface area contributed by atoms with Crippen molar-refractivity contribution in [3.63, 3.8) is 0 Å². The Morgan fingerprint density at radius 2 is 1.88 bits per heavy atom. The average Bonchev–Trinajstić information content (AvgIpc) is 3.06. The fourth-order valence-corrected chi connectivity index (χ4v) is 6.07. The van der Waals surface area contributed by atoms with E-state index in [9.17, 15) is 0 Å². The topological polar surface area (TPSA) is 0 Å². The molecule has 4 rings (SSSR count). The molecule has 3 saturated carbocycles. The molecule has 0 saturated heterocycles. The van der Waals surface area contributed by atoms with Gasteiger partial charge in [0.1, 0.15) is 0 Å². The molecule has 0 aromatic carbocycles. The number of allylic oxidation sites excluding steroid dienone is 4. The second kappa shape index (κ2) is 3.49. The van der Waals surface area contributed by atoms with Crippen LogP contribution in [0.15, 0.2) is 23.8 Å². The third-order valence-corrected chi connectivity index (χ3v) is 6.32. The summed E-state index contributed by atoms with van der Waals surface area (Å²) in [5.74, 6) is 7.04. The van der Waals surface area contributed by atoms with Gasteiger partial charge in [-0.25, -0.2) is 0 Å². The zero-order chi connectivity index (χ0) is 11.6. The van der Waals surface area contributed by atoms with Gasteiger partial charge in [0.15, 0.2) is 0 Å². The summed E-state index contributed by atoms with van der Waals surface area (Å²) in [7, 11) is 0. The lowest BCUT2D eigenvalue weighted by Crippen LogP contribution is -2.32. The zero-order valence-electron chi connectivity index (χ0n) is 11.1. The summed E-state index contributed by atoms with van der Waals surface area (Å²) in [4.78, 5) is 0. The van der Waals surface area contributed by atoms with Crippen molar-refractivity contribution in [2.75, 3.05) is 0 Å². The molecule has 4 aliphatic rings. The first-order valence-corrected chi connectivity index (χ1v) is 7.73. The standard InChI is InChI=1S/C17H24/c1-3-5-13-12(4-2)14-9-15(13)17-11-7-6-10(8-11)16(14)17/h5-7,10-12,14-17H,3-4,8-9H2,1-2H3. The Morgan fingerprint density at radius 3 is 2.59 bits per heavy atom. The summed E-state index contributed by atoms with van der Waals surface area (Å²) in [5.41, 5.74) is 1.88. The van der Waals surface area contributed by atoms with Gasteiger partial charge < -0.3 is 0 Å². The van der Waals surface area contributed by atoms with Crippen LogP contribution in [-0.4, -0.2) is 0 Å². The molecule has 0 spiro atoms. The van der Waals surface area contributed by atoms with Gasteiger partial charge in [0.25, 0.3) is 0 Å². The highest BCUT2D eigenvalue weighted by Crippen LogP contribution is 2.69. The highest BCUT2D eigenvalue weighted by Gasteiger charge is 2.62. The zero-order valence-corrected chi connectivity index (χ0v) is 11.1. The van der Waals surface area contributed by atoms with Crippen molar-refractivity contribution in [2.45, 2.75) is 39.5 Å². The maximum Gasteiger partial charge on any atom is -0.0160 e. The lowest BCUT2D eigenvalue weighted by Gasteiger charge is -2.38. The molecule has 7 unspecified atom stereocenters. The Labute approximate surface area is 105 Å². The minimum atomic E-state index is 0.953. The lowest BCUT2D eigenvalue weighted by molar-refractivity contribution is 0.191. The summed E-state index contributed by atoms with van der Waals surface area (Å²) in [6.07, 6.45) is 13.4. The predicted octanol–water partition coefficient (Wildman–Crippen LogP) is 4.44. The lowest BCUT2D eigenvalue weighted by atomic mass is 9.66. The quantitative estimate of drug-likeness (QED) is 0.484. The third kappa shape index (κ3) is 1.15. The molecule has 0 aromatic rings. The minimum Gasteiger partial charge on any atom is -0.0850 e. The van der Waals surface area contributed by atoms with Crippen LogP contribution in [0, 0.1) is 41.4 Å². The van der Waals surface area contributed by atoms with Gasteiger partial charge in [-0.1, -0.05) is 37.6 Å². The number of rotatable bonds is 2. The molecule has 0 radical (unpaired) electrons. The van der Waals surface area contributed by atoms with E-state index in [0.717, 1.165) is 41.4 Å². The maximum absolute atomic E-state index is 2.59. The van der Waals surface area contributed by atoms with Crippen LogP contribution in [0.3, 0.4) is 0 Å². The first kappa shape index (κ1) is 10.4. The van der Waals surface area contributed by atoms with Gasteiger partial charge in [0, 0.05) is 0 Å². The molecule has 0 amide bonds. The molecule has 0 heteroatoms. The van der Waals surface area contributed by atoms with Crippen molar-refractivity contribution < 1.29 is 0 Å². The van der Waals surface area contributed by atoms with Crippen molar-refractivity contribution in [1.29, 1.82) is 0 Å². The Bertz CT molecular complexity index is 389. The van der Waals surface area contributed by atoms with Crippen LogP contribution >= 0.6 is 0 Å². The van der Waals surface area contributed by atoms with Crippen LogP contribution in [0.4, 0.5) is 0 Å². The van der Waals surface area contributed by atoms with Crippen LogP contribution in [0.2, 0.25) is 0 Å². The molecule has 3 fully saturated rings. The van der Waals surface area contributed by atoms with Crippen molar-refractivity contribution in [1.82, 2.24) is 0 Å². The largest absolute Gasteiger partial charge is 0.0850 e. The van der Waals surface area contributed by atoms with Crippen LogP contribution in [0.5, 0.6) is 0 Å². The van der Waals surface area contributed by atoms with Gasteiger partial charge in [-0.05, 0) is 67.1 Å². The highest BCUT2D eigenvalue weighted by atomic mass is 14.7. The Balaban J connectivity index is 1.73. The number of hydrogen-bond acceptors (Lipinski definition) is 0. The van der Waals surface area contributed by atoms with Crippen molar-refractivity contribution in [3.8, 4) is 0 Å². The second-order valence-corrected chi connectivity index (χ2v) is 6.74. The first-order valence-electron chi connectivity index (χ1n) is 7.73. The van der Waals surface area contributed by atoms with E-state index in [4.69, 9.17) is 0 Å². The molecule has 92 valence electrons. The maximum atomic E-state index is 2.59. The molecule has 0 nitrogen and oxygen atoms in total. The van der Waals surface area contributed by atoms with Crippen LogP contribution < -0.4 is 0 Å². The second-order valence-electron chi connectivity index (χ2n) is 6.74. The highest BCUT2D eigenvalue weighted by molar-refractivity contribution is 5.31. The number of hydrogen-bond donors (Lipinski definition) is 0. The average molecular weight is 228 g/mol. The van der Waals surface area contributed by atoms with E-state index in [0.29, 0.717) is 0 Å². The van der Waals surface area contributed by atoms with Crippen molar-refractivity contribution in [3.05, 3.63) is 23.8 Å². The fourth-order valence-electron chi connectivity index (χ4n) is 6.07. The predicted molar refractivity (Wildman–Crippen MR) is 71.5 cm³/mol. The van der Waals surface area contributed by atoms with Gasteiger partial charge >= 0.3 is 0 Å². The van der Waals surface area contributed by atoms with Crippen LogP contribution in [-0.2, 0) is 0 Å². The SMILES string of the molecule is CCC=C1C(CC)C2CC1C1C3C=CC(C3)C21. The van der Waals surface area contributed by atoms with Gasteiger partial charge in [-0.2, -0.15) is 0 Å². The van der Waals surface area contributed by atoms with Crippen molar-refractivity contribution in [2.24, 2.45) is 41.4 Å². The van der Waals surface area contributed by atoms with E-state index in [-0.39, 0.29) is 0 Å². The molecule has 4 bridgehead atoms. The Kier molecular flexibility index (Phi) is 2.14. The molecule has 0 heterocycles. The van der Waals surface area contributed by atoms with Crippen LogP contribution in [0.1, 0.15) is 39.5 Å². The van der Waals surface area contributed by atoms with Gasteiger partial charge in [0.05, 0.1) is 0 Å². The van der Waals surface area contributed by atoms with Gasteiger partial charge in [0.2, 0.25) is 0 Å². The molecule has 0 aliphatic heterocycles. The fraction of sp³-hybridized carbons (Fsp3) is 0.765. The van der Waals surface area contributed by atoms with E-state index in [2.05, 4.69) is 32.1 Å². The van der Waals surface area contributed by atoms with Gasteiger partial charge in [-0.15, -0.1) is 0 Å². The first-order chi connectivity index (χ1) is 8.35. The molecule has 7 atom stereocenters. The van der Waals surface area contributed by atoms with Crippen molar-refractivity contribution >= 4 is 0 Å². The van der Waals surface area contributed by atoms with E-state index in [1.165, 1.54) is 25.7 Å². The summed E-state index contributed by atoms with van der Waals surface area (Å²) >= 11 is 0. The molecule has 0 N–H and O–H groups in total. The van der Waals surface area contributed by atoms with Gasteiger partial charge in [-0.3, -0.25) is 0 Å². The number of fused-ring (bicyclic) bond motifs is 9. The summed E-state index contributed by atoms with van der Waals surface area (Å²) < 4.78 is 0. The smallest absolute Gasteiger partial charge is 0.0160 e. The summed E-state index contributed by atoms with van der Waals surface area (Å²) in [6.45, 7) is 4.72. The van der Waals surface area contributed by atoms with E-state index in [1.807, 2.05) is 5.57 Å². The monoisotopic (exact) mass is 228 g/mol.